The van der Waals surface area contributed by atoms with Crippen LogP contribution in [-0.4, -0.2) is 26.3 Å². The lowest BCUT2D eigenvalue weighted by Crippen LogP contribution is -2.42. The van der Waals surface area contributed by atoms with Crippen molar-refractivity contribution in [2.45, 2.75) is 37.6 Å². The van der Waals surface area contributed by atoms with Gasteiger partial charge >= 0.3 is 5.91 Å². The highest BCUT2D eigenvalue weighted by Gasteiger charge is 2.28. The molecule has 1 heterocycles. The lowest BCUT2D eigenvalue weighted by atomic mass is 10.1. The first-order valence-corrected chi connectivity index (χ1v) is 11.0. The second kappa shape index (κ2) is 7.58. The Hall–Kier alpha value is -3.17. The SMILES string of the molecule is Cc1ccc(S(=O)(=O)NC2CC2)cc1C(=O)NNC(=O)c1oc2ccccc2c1C. The molecule has 1 aromatic heterocycles. The van der Waals surface area contributed by atoms with Crippen LogP contribution < -0.4 is 15.6 Å². The van der Waals surface area contributed by atoms with E-state index in [1.54, 1.807) is 32.0 Å². The average molecular weight is 427 g/mol. The van der Waals surface area contributed by atoms with Crippen molar-refractivity contribution in [3.63, 3.8) is 0 Å². The second-order valence-electron chi connectivity index (χ2n) is 7.33. The first-order valence-electron chi connectivity index (χ1n) is 9.48. The van der Waals surface area contributed by atoms with Crippen molar-refractivity contribution in [1.29, 1.82) is 0 Å². The van der Waals surface area contributed by atoms with Gasteiger partial charge in [0, 0.05) is 22.6 Å². The second-order valence-corrected chi connectivity index (χ2v) is 9.05. The van der Waals surface area contributed by atoms with Gasteiger partial charge in [-0.05, 0) is 50.5 Å². The highest BCUT2D eigenvalue weighted by molar-refractivity contribution is 7.89. The lowest BCUT2D eigenvalue weighted by Gasteiger charge is -2.11. The molecule has 0 saturated heterocycles. The normalized spacial score (nSPS) is 13.9. The number of para-hydroxylation sites is 1. The first-order chi connectivity index (χ1) is 14.3. The molecular formula is C21H21N3O5S. The number of furan rings is 1. The molecule has 0 aliphatic heterocycles. The molecule has 0 atom stereocenters. The molecule has 3 N–H and O–H groups in total. The van der Waals surface area contributed by atoms with E-state index < -0.39 is 21.8 Å². The molecule has 9 heteroatoms. The summed E-state index contributed by atoms with van der Waals surface area (Å²) in [6.45, 7) is 3.44. The Bertz CT molecular complexity index is 1260. The summed E-state index contributed by atoms with van der Waals surface area (Å²) in [5.74, 6) is -1.13. The van der Waals surface area contributed by atoms with Crippen LogP contribution in [0.15, 0.2) is 51.8 Å². The maximum absolute atomic E-state index is 12.6. The average Bonchev–Trinajstić information content (AvgIpc) is 3.46. The molecule has 0 radical (unpaired) electrons. The van der Waals surface area contributed by atoms with E-state index in [0.29, 0.717) is 16.7 Å². The number of benzene rings is 2. The Balaban J connectivity index is 1.50. The van der Waals surface area contributed by atoms with Crippen LogP contribution in [0.2, 0.25) is 0 Å². The zero-order chi connectivity index (χ0) is 21.5. The van der Waals surface area contributed by atoms with Gasteiger partial charge in [-0.25, -0.2) is 13.1 Å². The van der Waals surface area contributed by atoms with Crippen LogP contribution in [0.5, 0.6) is 0 Å². The van der Waals surface area contributed by atoms with E-state index in [0.717, 1.165) is 18.2 Å². The molecule has 2 aromatic carbocycles. The van der Waals surface area contributed by atoms with Crippen LogP contribution in [-0.2, 0) is 10.0 Å². The molecule has 1 fully saturated rings. The molecule has 8 nitrogen and oxygen atoms in total. The van der Waals surface area contributed by atoms with E-state index in [9.17, 15) is 18.0 Å². The minimum atomic E-state index is -3.70. The van der Waals surface area contributed by atoms with E-state index in [4.69, 9.17) is 4.42 Å². The summed E-state index contributed by atoms with van der Waals surface area (Å²) in [6.07, 6.45) is 1.62. The van der Waals surface area contributed by atoms with Gasteiger partial charge in [-0.1, -0.05) is 24.3 Å². The van der Waals surface area contributed by atoms with Gasteiger partial charge in [-0.3, -0.25) is 20.4 Å². The van der Waals surface area contributed by atoms with E-state index in [2.05, 4.69) is 15.6 Å². The number of amides is 2. The number of sulfonamides is 1. The number of fused-ring (bicyclic) bond motifs is 1. The third kappa shape index (κ3) is 3.94. The standard InChI is InChI=1S/C21H21N3O5S/c1-12-7-10-15(30(27,28)24-14-8-9-14)11-17(12)20(25)22-23-21(26)19-13(2)16-5-3-4-6-18(16)29-19/h3-7,10-11,14,24H,8-9H2,1-2H3,(H,22,25)(H,23,26). The number of aryl methyl sites for hydroxylation is 2. The van der Waals surface area contributed by atoms with Gasteiger partial charge in [0.1, 0.15) is 5.58 Å². The van der Waals surface area contributed by atoms with Crippen molar-refractivity contribution in [2.24, 2.45) is 0 Å². The third-order valence-electron chi connectivity index (χ3n) is 5.00. The molecule has 0 unspecified atom stereocenters. The van der Waals surface area contributed by atoms with Crippen LogP contribution in [0.3, 0.4) is 0 Å². The minimum Gasteiger partial charge on any atom is -0.451 e. The number of carbonyl (C=O) groups excluding carboxylic acids is 2. The van der Waals surface area contributed by atoms with Crippen LogP contribution in [0.25, 0.3) is 11.0 Å². The van der Waals surface area contributed by atoms with E-state index in [1.165, 1.54) is 12.1 Å². The molecule has 30 heavy (non-hydrogen) atoms. The summed E-state index contributed by atoms with van der Waals surface area (Å²) < 4.78 is 33.0. The summed E-state index contributed by atoms with van der Waals surface area (Å²) >= 11 is 0. The van der Waals surface area contributed by atoms with E-state index in [1.807, 2.05) is 12.1 Å². The number of hydrazine groups is 1. The van der Waals surface area contributed by atoms with Gasteiger partial charge < -0.3 is 4.42 Å². The molecule has 0 bridgehead atoms. The summed E-state index contributed by atoms with van der Waals surface area (Å²) in [7, 11) is -3.70. The molecule has 1 aliphatic carbocycles. The Morgan fingerprint density at radius 1 is 1.00 bits per heavy atom. The summed E-state index contributed by atoms with van der Waals surface area (Å²) in [4.78, 5) is 25.1. The van der Waals surface area contributed by atoms with Crippen LogP contribution in [0, 0.1) is 13.8 Å². The fraction of sp³-hybridized carbons (Fsp3) is 0.238. The molecular weight excluding hydrogens is 406 g/mol. The lowest BCUT2D eigenvalue weighted by molar-refractivity contribution is 0.0831. The molecule has 3 aromatic rings. The largest absolute Gasteiger partial charge is 0.451 e. The Kier molecular flexibility index (Phi) is 5.08. The third-order valence-corrected chi connectivity index (χ3v) is 6.52. The monoisotopic (exact) mass is 427 g/mol. The minimum absolute atomic E-state index is 0.00426. The molecule has 0 spiro atoms. The zero-order valence-electron chi connectivity index (χ0n) is 16.5. The number of hydrogen-bond donors (Lipinski definition) is 3. The molecule has 2 amide bonds. The molecule has 1 aliphatic rings. The topological polar surface area (TPSA) is 118 Å². The van der Waals surface area contributed by atoms with Crippen molar-refractivity contribution in [2.75, 3.05) is 0 Å². The Labute approximate surface area is 173 Å². The van der Waals surface area contributed by atoms with Crippen molar-refractivity contribution in [1.82, 2.24) is 15.6 Å². The smallest absolute Gasteiger partial charge is 0.305 e. The van der Waals surface area contributed by atoms with E-state index >= 15 is 0 Å². The fourth-order valence-electron chi connectivity index (χ4n) is 3.13. The summed E-state index contributed by atoms with van der Waals surface area (Å²) in [6, 6.07) is 11.5. The number of hydrogen-bond acceptors (Lipinski definition) is 5. The number of rotatable bonds is 5. The maximum Gasteiger partial charge on any atom is 0.305 e. The van der Waals surface area contributed by atoms with Gasteiger partial charge in [-0.2, -0.15) is 0 Å². The van der Waals surface area contributed by atoms with Gasteiger partial charge in [-0.15, -0.1) is 0 Å². The van der Waals surface area contributed by atoms with Crippen LogP contribution >= 0.6 is 0 Å². The molecule has 4 rings (SSSR count). The quantitative estimate of drug-likeness (QED) is 0.541. The Morgan fingerprint density at radius 3 is 2.40 bits per heavy atom. The predicted molar refractivity (Wildman–Crippen MR) is 110 cm³/mol. The van der Waals surface area contributed by atoms with Gasteiger partial charge in [0.25, 0.3) is 5.91 Å². The van der Waals surface area contributed by atoms with Gasteiger partial charge in [0.15, 0.2) is 5.76 Å². The fourth-order valence-corrected chi connectivity index (χ4v) is 4.46. The summed E-state index contributed by atoms with van der Waals surface area (Å²) in [5, 5.41) is 0.811. The highest BCUT2D eigenvalue weighted by Crippen LogP contribution is 2.25. The van der Waals surface area contributed by atoms with Crippen molar-refractivity contribution < 1.29 is 22.4 Å². The van der Waals surface area contributed by atoms with Gasteiger partial charge in [0.2, 0.25) is 10.0 Å². The van der Waals surface area contributed by atoms with Crippen LogP contribution in [0.1, 0.15) is 44.9 Å². The van der Waals surface area contributed by atoms with Crippen molar-refractivity contribution >= 4 is 32.8 Å². The number of nitrogens with one attached hydrogen (secondary N) is 3. The first kappa shape index (κ1) is 20.1. The Morgan fingerprint density at radius 2 is 1.70 bits per heavy atom. The highest BCUT2D eigenvalue weighted by atomic mass is 32.2. The molecule has 156 valence electrons. The molecule has 1 saturated carbocycles. The number of carbonyl (C=O) groups is 2. The zero-order valence-corrected chi connectivity index (χ0v) is 17.3. The van der Waals surface area contributed by atoms with Crippen LogP contribution in [0.4, 0.5) is 0 Å². The van der Waals surface area contributed by atoms with Gasteiger partial charge in [0.05, 0.1) is 4.90 Å². The van der Waals surface area contributed by atoms with Crippen molar-refractivity contribution in [3.05, 3.63) is 64.9 Å². The van der Waals surface area contributed by atoms with E-state index in [-0.39, 0.29) is 22.3 Å². The predicted octanol–water partition coefficient (Wildman–Crippen LogP) is 2.57. The summed E-state index contributed by atoms with van der Waals surface area (Å²) in [5.41, 5.74) is 6.61. The van der Waals surface area contributed by atoms with Crippen molar-refractivity contribution in [3.8, 4) is 0 Å². The maximum atomic E-state index is 12.6.